The van der Waals surface area contributed by atoms with Gasteiger partial charge in [0.15, 0.2) is 10.3 Å². The zero-order chi connectivity index (χ0) is 19.7. The Morgan fingerprint density at radius 2 is 1.96 bits per heavy atom. The van der Waals surface area contributed by atoms with E-state index in [9.17, 15) is 4.79 Å². The van der Waals surface area contributed by atoms with Gasteiger partial charge in [-0.25, -0.2) is 9.97 Å². The van der Waals surface area contributed by atoms with Crippen LogP contribution in [-0.2, 0) is 10.5 Å². The van der Waals surface area contributed by atoms with E-state index >= 15 is 0 Å². The van der Waals surface area contributed by atoms with E-state index in [1.807, 2.05) is 48.7 Å². The molecule has 0 radical (unpaired) electrons. The number of anilines is 2. The third kappa shape index (κ3) is 3.68. The summed E-state index contributed by atoms with van der Waals surface area (Å²) < 4.78 is 0. The third-order valence-electron chi connectivity index (χ3n) is 4.59. The number of amides is 1. The highest BCUT2D eigenvalue weighted by Crippen LogP contribution is 2.33. The molecule has 7 heteroatoms. The van der Waals surface area contributed by atoms with Crippen molar-refractivity contribution in [2.24, 2.45) is 0 Å². The summed E-state index contributed by atoms with van der Waals surface area (Å²) in [7, 11) is 0. The summed E-state index contributed by atoms with van der Waals surface area (Å²) in [5, 5.41) is 3.57. The van der Waals surface area contributed by atoms with Crippen LogP contribution in [-0.4, -0.2) is 20.9 Å². The number of carbonyl (C=O) groups excluding carboxylic acids is 1. The number of imidazole rings is 1. The average Bonchev–Trinajstić information content (AvgIpc) is 3.30. The van der Waals surface area contributed by atoms with Crippen LogP contribution in [0.5, 0.6) is 0 Å². The van der Waals surface area contributed by atoms with Gasteiger partial charge in [-0.05, 0) is 43.2 Å². The monoisotopic (exact) mass is 408 g/mol. The molecular formula is C21H20N4OS2. The van der Waals surface area contributed by atoms with Gasteiger partial charge < -0.3 is 4.98 Å². The van der Waals surface area contributed by atoms with Gasteiger partial charge in [-0.15, -0.1) is 11.3 Å². The minimum atomic E-state index is -0.0421. The van der Waals surface area contributed by atoms with Crippen molar-refractivity contribution in [1.82, 2.24) is 15.0 Å². The van der Waals surface area contributed by atoms with Gasteiger partial charge in [-0.3, -0.25) is 9.69 Å². The lowest BCUT2D eigenvalue weighted by atomic mass is 10.1. The van der Waals surface area contributed by atoms with E-state index in [-0.39, 0.29) is 5.91 Å². The second-order valence-corrected chi connectivity index (χ2v) is 8.34. The number of fused-ring (bicyclic) bond motifs is 1. The summed E-state index contributed by atoms with van der Waals surface area (Å²) >= 11 is 3.09. The number of nitrogens with one attached hydrogen (secondary N) is 1. The second-order valence-electron chi connectivity index (χ2n) is 6.54. The molecule has 142 valence electrons. The van der Waals surface area contributed by atoms with Crippen LogP contribution >= 0.6 is 23.1 Å². The fourth-order valence-corrected chi connectivity index (χ4v) is 4.75. The Balaban J connectivity index is 1.55. The van der Waals surface area contributed by atoms with E-state index in [1.54, 1.807) is 23.6 Å². The first-order chi connectivity index (χ1) is 13.5. The molecule has 1 amide bonds. The molecule has 5 nitrogen and oxygen atoms in total. The number of nitrogens with zero attached hydrogens (tertiary/aromatic N) is 3. The summed E-state index contributed by atoms with van der Waals surface area (Å²) in [6, 6.07) is 14.0. The number of carbonyl (C=O) groups is 1. The molecule has 0 aliphatic rings. The molecule has 0 aliphatic heterocycles. The van der Waals surface area contributed by atoms with Crippen molar-refractivity contribution >= 4 is 50.9 Å². The second kappa shape index (κ2) is 7.77. The molecule has 0 bridgehead atoms. The number of thioether (sulfide) groups is 1. The van der Waals surface area contributed by atoms with Crippen LogP contribution in [0.2, 0.25) is 0 Å². The van der Waals surface area contributed by atoms with Gasteiger partial charge in [0.05, 0.1) is 22.4 Å². The first-order valence-corrected chi connectivity index (χ1v) is 10.8. The number of rotatable bonds is 5. The van der Waals surface area contributed by atoms with Gasteiger partial charge in [0, 0.05) is 18.1 Å². The first-order valence-electron chi connectivity index (χ1n) is 8.92. The fourth-order valence-electron chi connectivity index (χ4n) is 2.99. The number of aromatic nitrogens is 3. The highest BCUT2D eigenvalue weighted by molar-refractivity contribution is 7.98. The van der Waals surface area contributed by atoms with Gasteiger partial charge >= 0.3 is 0 Å². The molecule has 0 saturated heterocycles. The first kappa shape index (κ1) is 18.7. The van der Waals surface area contributed by atoms with Crippen molar-refractivity contribution in [3.05, 3.63) is 64.7 Å². The Kier molecular flexibility index (Phi) is 5.19. The quantitative estimate of drug-likeness (QED) is 0.436. The summed E-state index contributed by atoms with van der Waals surface area (Å²) in [5.41, 5.74) is 6.05. The maximum atomic E-state index is 12.4. The Morgan fingerprint density at radius 1 is 1.14 bits per heavy atom. The predicted octanol–water partition coefficient (Wildman–Crippen LogP) is 5.61. The molecule has 2 aromatic carbocycles. The lowest BCUT2D eigenvalue weighted by Crippen LogP contribution is -2.23. The molecule has 0 saturated carbocycles. The van der Waals surface area contributed by atoms with Gasteiger partial charge in [-0.1, -0.05) is 36.0 Å². The fraction of sp³-hybridized carbons (Fsp3) is 0.190. The Morgan fingerprint density at radius 3 is 2.75 bits per heavy atom. The van der Waals surface area contributed by atoms with E-state index in [0.29, 0.717) is 10.9 Å². The Hall–Kier alpha value is -2.64. The van der Waals surface area contributed by atoms with Crippen molar-refractivity contribution in [3.63, 3.8) is 0 Å². The molecule has 4 aromatic rings. The van der Waals surface area contributed by atoms with Crippen molar-refractivity contribution in [1.29, 1.82) is 0 Å². The molecule has 4 rings (SSSR count). The van der Waals surface area contributed by atoms with Crippen molar-refractivity contribution in [2.75, 3.05) is 4.90 Å². The number of thiazole rings is 1. The number of aryl methyl sites for hydroxylation is 1. The molecule has 0 spiro atoms. The van der Waals surface area contributed by atoms with Gasteiger partial charge in [-0.2, -0.15) is 0 Å². The van der Waals surface area contributed by atoms with Crippen LogP contribution in [0.4, 0.5) is 10.8 Å². The van der Waals surface area contributed by atoms with Crippen molar-refractivity contribution in [2.45, 2.75) is 31.7 Å². The maximum absolute atomic E-state index is 12.4. The van der Waals surface area contributed by atoms with Gasteiger partial charge in [0.2, 0.25) is 5.91 Å². The zero-order valence-corrected chi connectivity index (χ0v) is 17.5. The number of H-pyrrole nitrogens is 1. The highest BCUT2D eigenvalue weighted by atomic mass is 32.2. The smallest absolute Gasteiger partial charge is 0.230 e. The van der Waals surface area contributed by atoms with Gasteiger partial charge in [0.1, 0.15) is 0 Å². The minimum absolute atomic E-state index is 0.0421. The number of para-hydroxylation sites is 2. The molecule has 2 heterocycles. The molecule has 1 N–H and O–H groups in total. The van der Waals surface area contributed by atoms with Crippen molar-refractivity contribution in [3.8, 4) is 0 Å². The normalized spacial score (nSPS) is 11.1. The third-order valence-corrected chi connectivity index (χ3v) is 6.37. The number of hydrogen-bond acceptors (Lipinski definition) is 5. The van der Waals surface area contributed by atoms with Crippen molar-refractivity contribution < 1.29 is 4.79 Å². The molecule has 0 fully saturated rings. The summed E-state index contributed by atoms with van der Waals surface area (Å²) in [4.78, 5) is 26.7. The number of aromatic amines is 1. The minimum Gasteiger partial charge on any atom is -0.333 e. The van der Waals surface area contributed by atoms with E-state index in [2.05, 4.69) is 23.0 Å². The topological polar surface area (TPSA) is 61.9 Å². The van der Waals surface area contributed by atoms with Crippen LogP contribution in [0.25, 0.3) is 11.0 Å². The maximum Gasteiger partial charge on any atom is 0.230 e. The SMILES string of the molecule is CC(=O)N(c1nc(CSc2nc3ccccc3[nH]2)cs1)c1cccc(C)c1C. The molecular weight excluding hydrogens is 388 g/mol. The van der Waals surface area contributed by atoms with E-state index in [1.165, 1.54) is 11.3 Å². The Bertz CT molecular complexity index is 1120. The van der Waals surface area contributed by atoms with Crippen LogP contribution in [0.15, 0.2) is 53.0 Å². The van der Waals surface area contributed by atoms with Gasteiger partial charge in [0.25, 0.3) is 0 Å². The van der Waals surface area contributed by atoms with Crippen LogP contribution in [0.1, 0.15) is 23.7 Å². The van der Waals surface area contributed by atoms with E-state index in [0.717, 1.165) is 38.7 Å². The summed E-state index contributed by atoms with van der Waals surface area (Å²) in [6.07, 6.45) is 0. The molecule has 0 unspecified atom stereocenters. The lowest BCUT2D eigenvalue weighted by molar-refractivity contribution is -0.115. The molecule has 0 aliphatic carbocycles. The molecule has 28 heavy (non-hydrogen) atoms. The highest BCUT2D eigenvalue weighted by Gasteiger charge is 2.20. The van der Waals surface area contributed by atoms with Crippen LogP contribution < -0.4 is 4.90 Å². The largest absolute Gasteiger partial charge is 0.333 e. The molecule has 2 aromatic heterocycles. The van der Waals surface area contributed by atoms with Crippen LogP contribution in [0.3, 0.4) is 0 Å². The lowest BCUT2D eigenvalue weighted by Gasteiger charge is -2.21. The zero-order valence-electron chi connectivity index (χ0n) is 15.9. The number of benzene rings is 2. The average molecular weight is 409 g/mol. The summed E-state index contributed by atoms with van der Waals surface area (Å²) in [6.45, 7) is 5.66. The number of hydrogen-bond donors (Lipinski definition) is 1. The molecule has 0 atom stereocenters. The predicted molar refractivity (Wildman–Crippen MR) is 117 cm³/mol. The van der Waals surface area contributed by atoms with Crippen LogP contribution in [0, 0.1) is 13.8 Å². The van der Waals surface area contributed by atoms with E-state index in [4.69, 9.17) is 4.98 Å². The summed E-state index contributed by atoms with van der Waals surface area (Å²) in [5.74, 6) is 0.647. The Labute approximate surface area is 171 Å². The van der Waals surface area contributed by atoms with E-state index < -0.39 is 0 Å². The standard InChI is InChI=1S/C21H20N4OS2/c1-13-7-6-10-19(14(13)2)25(15(3)26)21-22-16(12-28-21)11-27-20-23-17-8-4-5-9-18(17)24-20/h4-10,12H,11H2,1-3H3,(H,23,24).